The van der Waals surface area contributed by atoms with Gasteiger partial charge in [0.25, 0.3) is 0 Å². The SMILES string of the molecule is CC(=O)N(c1nc(COC(=O)c2cc(C)cc(C)c2)cs1)c1ccc(C)cc1C. The predicted octanol–water partition coefficient (Wildman–Crippen LogP) is 5.42. The molecule has 0 aliphatic heterocycles. The van der Waals surface area contributed by atoms with Gasteiger partial charge in [-0.25, -0.2) is 9.78 Å². The van der Waals surface area contributed by atoms with E-state index in [0.717, 1.165) is 27.9 Å². The summed E-state index contributed by atoms with van der Waals surface area (Å²) in [6.07, 6.45) is 0. The third kappa shape index (κ3) is 4.90. The van der Waals surface area contributed by atoms with Gasteiger partial charge >= 0.3 is 5.97 Å². The van der Waals surface area contributed by atoms with Crippen molar-refractivity contribution in [1.29, 1.82) is 0 Å². The minimum Gasteiger partial charge on any atom is -0.456 e. The fraction of sp³-hybridized carbons (Fsp3) is 0.261. The highest BCUT2D eigenvalue weighted by molar-refractivity contribution is 7.14. The van der Waals surface area contributed by atoms with Crippen LogP contribution in [0.25, 0.3) is 0 Å². The molecule has 5 nitrogen and oxygen atoms in total. The molecule has 1 heterocycles. The Morgan fingerprint density at radius 2 is 1.69 bits per heavy atom. The van der Waals surface area contributed by atoms with E-state index in [0.29, 0.717) is 16.4 Å². The number of aryl methyl sites for hydroxylation is 4. The molecule has 0 atom stereocenters. The summed E-state index contributed by atoms with van der Waals surface area (Å²) in [6.45, 7) is 9.44. The lowest BCUT2D eigenvalue weighted by Gasteiger charge is -2.20. The first-order valence-electron chi connectivity index (χ1n) is 9.32. The highest BCUT2D eigenvalue weighted by atomic mass is 32.1. The predicted molar refractivity (Wildman–Crippen MR) is 116 cm³/mol. The molecule has 3 rings (SSSR count). The number of hydrogen-bond acceptors (Lipinski definition) is 5. The van der Waals surface area contributed by atoms with Gasteiger partial charge in [0.2, 0.25) is 5.91 Å². The number of thiazole rings is 1. The van der Waals surface area contributed by atoms with Gasteiger partial charge in [-0.15, -0.1) is 11.3 Å². The molecule has 1 aromatic heterocycles. The van der Waals surface area contributed by atoms with E-state index in [1.807, 2.05) is 57.3 Å². The lowest BCUT2D eigenvalue weighted by Crippen LogP contribution is -2.23. The highest BCUT2D eigenvalue weighted by Crippen LogP contribution is 2.32. The molecule has 0 unspecified atom stereocenters. The zero-order valence-corrected chi connectivity index (χ0v) is 18.1. The van der Waals surface area contributed by atoms with Crippen LogP contribution in [-0.2, 0) is 16.1 Å². The van der Waals surface area contributed by atoms with Crippen molar-refractivity contribution in [2.24, 2.45) is 0 Å². The van der Waals surface area contributed by atoms with Crippen molar-refractivity contribution in [3.8, 4) is 0 Å². The molecule has 0 saturated heterocycles. The van der Waals surface area contributed by atoms with Crippen LogP contribution in [0.1, 0.15) is 45.2 Å². The average Bonchev–Trinajstić information content (AvgIpc) is 3.09. The van der Waals surface area contributed by atoms with Crippen LogP contribution in [0, 0.1) is 27.7 Å². The topological polar surface area (TPSA) is 59.5 Å². The second-order valence-electron chi connectivity index (χ2n) is 7.22. The number of benzene rings is 2. The van der Waals surface area contributed by atoms with Crippen molar-refractivity contribution in [2.75, 3.05) is 4.90 Å². The Labute approximate surface area is 175 Å². The van der Waals surface area contributed by atoms with Crippen LogP contribution < -0.4 is 4.90 Å². The van der Waals surface area contributed by atoms with Crippen LogP contribution in [0.4, 0.5) is 10.8 Å². The maximum Gasteiger partial charge on any atom is 0.338 e. The molecular formula is C23H24N2O3S. The summed E-state index contributed by atoms with van der Waals surface area (Å²) in [5, 5.41) is 2.37. The van der Waals surface area contributed by atoms with Crippen molar-refractivity contribution in [3.63, 3.8) is 0 Å². The first-order chi connectivity index (χ1) is 13.7. The van der Waals surface area contributed by atoms with Crippen molar-refractivity contribution in [2.45, 2.75) is 41.2 Å². The number of carbonyl (C=O) groups excluding carboxylic acids is 2. The lowest BCUT2D eigenvalue weighted by molar-refractivity contribution is -0.115. The first-order valence-corrected chi connectivity index (χ1v) is 10.2. The molecule has 6 heteroatoms. The molecule has 3 aromatic rings. The van der Waals surface area contributed by atoms with Gasteiger partial charge in [-0.05, 0) is 51.5 Å². The first kappa shape index (κ1) is 20.7. The normalized spacial score (nSPS) is 10.7. The van der Waals surface area contributed by atoms with Crippen LogP contribution in [0.3, 0.4) is 0 Å². The van der Waals surface area contributed by atoms with E-state index in [1.165, 1.54) is 18.3 Å². The molecule has 0 bridgehead atoms. The Balaban J connectivity index is 1.76. The maximum atomic E-state index is 12.4. The summed E-state index contributed by atoms with van der Waals surface area (Å²) in [7, 11) is 0. The lowest BCUT2D eigenvalue weighted by atomic mass is 10.1. The number of esters is 1. The van der Waals surface area contributed by atoms with E-state index >= 15 is 0 Å². The zero-order valence-electron chi connectivity index (χ0n) is 17.3. The van der Waals surface area contributed by atoms with Gasteiger partial charge in [0, 0.05) is 12.3 Å². The van der Waals surface area contributed by atoms with Crippen LogP contribution in [0.2, 0.25) is 0 Å². The van der Waals surface area contributed by atoms with Crippen LogP contribution in [-0.4, -0.2) is 16.9 Å². The van der Waals surface area contributed by atoms with Gasteiger partial charge in [-0.3, -0.25) is 9.69 Å². The van der Waals surface area contributed by atoms with Crippen LogP contribution in [0.15, 0.2) is 41.8 Å². The van der Waals surface area contributed by atoms with Gasteiger partial charge in [-0.2, -0.15) is 0 Å². The number of rotatable bonds is 5. The standard InChI is InChI=1S/C23H24N2O3S/c1-14-6-7-21(17(4)9-14)25(18(5)26)23-24-20(13-29-23)12-28-22(27)19-10-15(2)8-16(3)11-19/h6-11,13H,12H2,1-5H3. The van der Waals surface area contributed by atoms with Crippen LogP contribution in [0.5, 0.6) is 0 Å². The second-order valence-corrected chi connectivity index (χ2v) is 8.05. The zero-order chi connectivity index (χ0) is 21.1. The monoisotopic (exact) mass is 408 g/mol. The number of nitrogens with zero attached hydrogens (tertiary/aromatic N) is 2. The summed E-state index contributed by atoms with van der Waals surface area (Å²) in [6, 6.07) is 11.5. The number of ether oxygens (including phenoxy) is 1. The van der Waals surface area contributed by atoms with Crippen molar-refractivity contribution >= 4 is 34.0 Å². The Kier molecular flexibility index (Phi) is 6.13. The molecule has 150 valence electrons. The van der Waals surface area contributed by atoms with Gasteiger partial charge in [-0.1, -0.05) is 34.9 Å². The second kappa shape index (κ2) is 8.57. The van der Waals surface area contributed by atoms with Gasteiger partial charge in [0.15, 0.2) is 5.13 Å². The molecule has 0 spiro atoms. The number of hydrogen-bond donors (Lipinski definition) is 0. The van der Waals surface area contributed by atoms with E-state index in [2.05, 4.69) is 4.98 Å². The average molecular weight is 409 g/mol. The molecule has 0 fully saturated rings. The summed E-state index contributed by atoms with van der Waals surface area (Å²) in [5.41, 5.74) is 6.09. The van der Waals surface area contributed by atoms with E-state index in [1.54, 1.807) is 17.0 Å². The fourth-order valence-electron chi connectivity index (χ4n) is 3.24. The van der Waals surface area contributed by atoms with E-state index in [-0.39, 0.29) is 18.5 Å². The van der Waals surface area contributed by atoms with Crippen molar-refractivity contribution in [3.05, 3.63) is 75.3 Å². The third-order valence-corrected chi connectivity index (χ3v) is 5.32. The van der Waals surface area contributed by atoms with Gasteiger partial charge in [0.1, 0.15) is 6.61 Å². The Morgan fingerprint density at radius 1 is 1.00 bits per heavy atom. The largest absolute Gasteiger partial charge is 0.456 e. The molecule has 2 aromatic carbocycles. The Morgan fingerprint density at radius 3 is 2.31 bits per heavy atom. The molecular weight excluding hydrogens is 384 g/mol. The van der Waals surface area contributed by atoms with E-state index < -0.39 is 0 Å². The molecule has 0 saturated carbocycles. The minimum absolute atomic E-state index is 0.0565. The molecule has 0 radical (unpaired) electrons. The Bertz CT molecular complexity index is 1050. The van der Waals surface area contributed by atoms with Crippen molar-refractivity contribution in [1.82, 2.24) is 4.98 Å². The number of amides is 1. The fourth-order valence-corrected chi connectivity index (χ4v) is 4.11. The quantitative estimate of drug-likeness (QED) is 0.529. The minimum atomic E-state index is -0.385. The molecule has 1 amide bonds. The smallest absolute Gasteiger partial charge is 0.338 e. The van der Waals surface area contributed by atoms with Gasteiger partial charge in [0.05, 0.1) is 16.9 Å². The highest BCUT2D eigenvalue weighted by Gasteiger charge is 2.20. The van der Waals surface area contributed by atoms with Crippen LogP contribution >= 0.6 is 11.3 Å². The molecule has 0 aliphatic rings. The number of anilines is 2. The number of aromatic nitrogens is 1. The summed E-state index contributed by atoms with van der Waals surface area (Å²) in [5.74, 6) is -0.505. The maximum absolute atomic E-state index is 12.4. The third-order valence-electron chi connectivity index (χ3n) is 4.45. The molecule has 0 aliphatic carbocycles. The van der Waals surface area contributed by atoms with Crippen molar-refractivity contribution < 1.29 is 14.3 Å². The molecule has 29 heavy (non-hydrogen) atoms. The van der Waals surface area contributed by atoms with E-state index in [4.69, 9.17) is 4.74 Å². The van der Waals surface area contributed by atoms with E-state index in [9.17, 15) is 9.59 Å². The van der Waals surface area contributed by atoms with Gasteiger partial charge < -0.3 is 4.74 Å². The number of carbonyl (C=O) groups is 2. The summed E-state index contributed by atoms with van der Waals surface area (Å²) in [4.78, 5) is 30.8. The Hall–Kier alpha value is -2.99. The summed E-state index contributed by atoms with van der Waals surface area (Å²) >= 11 is 1.35. The molecule has 0 N–H and O–H groups in total. The summed E-state index contributed by atoms with van der Waals surface area (Å²) < 4.78 is 5.42.